The number of para-hydroxylation sites is 2. The highest BCUT2D eigenvalue weighted by molar-refractivity contribution is 7.80. The Kier molecular flexibility index (Phi) is 4.40. The molecular formula is C12H13N3O3S. The Morgan fingerprint density at radius 1 is 1.47 bits per heavy atom. The zero-order valence-electron chi connectivity index (χ0n) is 10.00. The summed E-state index contributed by atoms with van der Waals surface area (Å²) >= 11 is 4.09. The molecule has 1 aromatic carbocycles. The second kappa shape index (κ2) is 6.24. The Bertz CT molecular complexity index is 551. The van der Waals surface area contributed by atoms with Crippen molar-refractivity contribution in [3.8, 4) is 0 Å². The van der Waals surface area contributed by atoms with E-state index in [1.165, 1.54) is 0 Å². The third-order valence-corrected chi connectivity index (χ3v) is 2.82. The molecule has 0 aliphatic rings. The van der Waals surface area contributed by atoms with Gasteiger partial charge < -0.3 is 19.8 Å². The first kappa shape index (κ1) is 13.4. The summed E-state index contributed by atoms with van der Waals surface area (Å²) in [7, 11) is 0. The summed E-state index contributed by atoms with van der Waals surface area (Å²) in [6.07, 6.45) is 0.618. The summed E-state index contributed by atoms with van der Waals surface area (Å²) in [6, 6.07) is 6.92. The molecule has 6 nitrogen and oxygen atoms in total. The van der Waals surface area contributed by atoms with Gasteiger partial charge in [0, 0.05) is 5.75 Å². The molecule has 0 spiro atoms. The number of nitrogens with zero attached hydrogens (tertiary/aromatic N) is 1. The van der Waals surface area contributed by atoms with Crippen molar-refractivity contribution in [2.45, 2.75) is 6.04 Å². The van der Waals surface area contributed by atoms with Gasteiger partial charge in [0.2, 0.25) is 5.91 Å². The number of oxazole rings is 1. The number of hydrogen-bond donors (Lipinski definition) is 3. The lowest BCUT2D eigenvalue weighted by molar-refractivity contribution is -0.122. The zero-order valence-corrected chi connectivity index (χ0v) is 10.9. The summed E-state index contributed by atoms with van der Waals surface area (Å²) in [4.78, 5) is 26.1. The van der Waals surface area contributed by atoms with Crippen LogP contribution in [0, 0.1) is 0 Å². The topological polar surface area (TPSA) is 84.2 Å². The van der Waals surface area contributed by atoms with Crippen LogP contribution in [-0.2, 0) is 9.59 Å². The van der Waals surface area contributed by atoms with E-state index < -0.39 is 6.04 Å². The van der Waals surface area contributed by atoms with Gasteiger partial charge in [-0.05, 0) is 12.1 Å². The third kappa shape index (κ3) is 3.25. The molecule has 0 saturated heterocycles. The summed E-state index contributed by atoms with van der Waals surface area (Å²) in [5, 5.41) is 5.29. The lowest BCUT2D eigenvalue weighted by Crippen LogP contribution is -2.41. The van der Waals surface area contributed by atoms with Crippen molar-refractivity contribution in [3.63, 3.8) is 0 Å². The smallest absolute Gasteiger partial charge is 0.296 e. The van der Waals surface area contributed by atoms with E-state index in [0.29, 0.717) is 17.4 Å². The predicted octanol–water partition coefficient (Wildman–Crippen LogP) is 0.853. The quantitative estimate of drug-likeness (QED) is 0.539. The summed E-state index contributed by atoms with van der Waals surface area (Å²) in [6.45, 7) is -0.0294. The number of thiol groups is 1. The van der Waals surface area contributed by atoms with E-state index in [4.69, 9.17) is 4.42 Å². The standard InChI is InChI=1S/C12H13N3O3S/c16-6-5-13-11(17)9(7-19)15-12-14-8-3-1-2-4-10(8)18-12/h1-4,6,9,19H,5,7H2,(H,13,17)(H,14,15). The monoisotopic (exact) mass is 279 g/mol. The number of hydrogen-bond acceptors (Lipinski definition) is 6. The van der Waals surface area contributed by atoms with Crippen LogP contribution in [0.5, 0.6) is 0 Å². The summed E-state index contributed by atoms with van der Waals surface area (Å²) in [5.41, 5.74) is 1.34. The minimum atomic E-state index is -0.614. The molecule has 7 heteroatoms. The van der Waals surface area contributed by atoms with E-state index in [-0.39, 0.29) is 24.2 Å². The maximum atomic E-state index is 11.7. The van der Waals surface area contributed by atoms with Gasteiger partial charge in [-0.3, -0.25) is 4.79 Å². The van der Waals surface area contributed by atoms with Gasteiger partial charge in [-0.15, -0.1) is 0 Å². The molecule has 0 fully saturated rings. The van der Waals surface area contributed by atoms with Crippen LogP contribution in [0.2, 0.25) is 0 Å². The highest BCUT2D eigenvalue weighted by Gasteiger charge is 2.18. The predicted molar refractivity (Wildman–Crippen MR) is 74.3 cm³/mol. The van der Waals surface area contributed by atoms with E-state index in [1.54, 1.807) is 6.07 Å². The van der Waals surface area contributed by atoms with Crippen molar-refractivity contribution < 1.29 is 14.0 Å². The largest absolute Gasteiger partial charge is 0.424 e. The number of amides is 1. The Labute approximate surface area is 115 Å². The van der Waals surface area contributed by atoms with Gasteiger partial charge in [-0.2, -0.15) is 17.6 Å². The summed E-state index contributed by atoms with van der Waals surface area (Å²) in [5.74, 6) is -0.0759. The van der Waals surface area contributed by atoms with Gasteiger partial charge in [0.05, 0.1) is 6.54 Å². The molecule has 1 heterocycles. The van der Waals surface area contributed by atoms with E-state index in [2.05, 4.69) is 28.2 Å². The van der Waals surface area contributed by atoms with Crippen LogP contribution in [-0.4, -0.2) is 35.5 Å². The molecule has 0 aliphatic carbocycles. The van der Waals surface area contributed by atoms with Crippen LogP contribution >= 0.6 is 12.6 Å². The van der Waals surface area contributed by atoms with E-state index >= 15 is 0 Å². The highest BCUT2D eigenvalue weighted by Crippen LogP contribution is 2.18. The molecule has 0 aliphatic heterocycles. The minimum Gasteiger partial charge on any atom is -0.424 e. The number of fused-ring (bicyclic) bond motifs is 1. The van der Waals surface area contributed by atoms with Crippen LogP contribution in [0.4, 0.5) is 6.01 Å². The van der Waals surface area contributed by atoms with E-state index in [1.807, 2.05) is 18.2 Å². The van der Waals surface area contributed by atoms with Crippen LogP contribution in [0.3, 0.4) is 0 Å². The molecule has 0 bridgehead atoms. The van der Waals surface area contributed by atoms with Crippen molar-refractivity contribution in [1.82, 2.24) is 10.3 Å². The van der Waals surface area contributed by atoms with Crippen LogP contribution < -0.4 is 10.6 Å². The molecule has 2 aromatic rings. The normalized spacial score (nSPS) is 12.1. The highest BCUT2D eigenvalue weighted by atomic mass is 32.1. The molecule has 2 rings (SSSR count). The van der Waals surface area contributed by atoms with Crippen molar-refractivity contribution in [2.75, 3.05) is 17.6 Å². The SMILES string of the molecule is O=CCNC(=O)C(CS)Nc1nc2ccccc2o1. The molecule has 1 unspecified atom stereocenters. The minimum absolute atomic E-state index is 0.0294. The second-order valence-corrected chi connectivity index (χ2v) is 4.14. The molecule has 1 amide bonds. The second-order valence-electron chi connectivity index (χ2n) is 3.78. The molecule has 1 aromatic heterocycles. The Hall–Kier alpha value is -2.02. The van der Waals surface area contributed by atoms with Gasteiger partial charge in [0.25, 0.3) is 6.01 Å². The number of carbonyl (C=O) groups is 2. The first-order valence-electron chi connectivity index (χ1n) is 5.69. The fourth-order valence-corrected chi connectivity index (χ4v) is 1.80. The average Bonchev–Trinajstić information content (AvgIpc) is 2.84. The first-order chi connectivity index (χ1) is 9.24. The van der Waals surface area contributed by atoms with E-state index in [0.717, 1.165) is 0 Å². The van der Waals surface area contributed by atoms with E-state index in [9.17, 15) is 9.59 Å². The third-order valence-electron chi connectivity index (χ3n) is 2.45. The molecule has 2 N–H and O–H groups in total. The molecule has 1 atom stereocenters. The van der Waals surface area contributed by atoms with Crippen molar-refractivity contribution in [1.29, 1.82) is 0 Å². The number of benzene rings is 1. The Morgan fingerprint density at radius 3 is 2.95 bits per heavy atom. The van der Waals surface area contributed by atoms with Gasteiger partial charge in [0.15, 0.2) is 5.58 Å². The lowest BCUT2D eigenvalue weighted by atomic mass is 10.3. The maximum absolute atomic E-state index is 11.7. The number of anilines is 1. The van der Waals surface area contributed by atoms with Crippen LogP contribution in [0.1, 0.15) is 0 Å². The van der Waals surface area contributed by atoms with Gasteiger partial charge >= 0.3 is 0 Å². The molecule has 0 radical (unpaired) electrons. The van der Waals surface area contributed by atoms with Gasteiger partial charge in [-0.25, -0.2) is 0 Å². The van der Waals surface area contributed by atoms with Crippen molar-refractivity contribution in [3.05, 3.63) is 24.3 Å². The average molecular weight is 279 g/mol. The van der Waals surface area contributed by atoms with Crippen molar-refractivity contribution in [2.24, 2.45) is 0 Å². The molecule has 100 valence electrons. The number of rotatable bonds is 6. The number of carbonyl (C=O) groups excluding carboxylic acids is 2. The Morgan fingerprint density at radius 2 is 2.26 bits per heavy atom. The van der Waals surface area contributed by atoms with Crippen LogP contribution in [0.25, 0.3) is 11.1 Å². The van der Waals surface area contributed by atoms with Crippen molar-refractivity contribution >= 4 is 41.9 Å². The fourth-order valence-electron chi connectivity index (χ4n) is 1.54. The fraction of sp³-hybridized carbons (Fsp3) is 0.250. The molecule has 19 heavy (non-hydrogen) atoms. The van der Waals surface area contributed by atoms with Gasteiger partial charge in [-0.1, -0.05) is 12.1 Å². The molecule has 0 saturated carbocycles. The number of aromatic nitrogens is 1. The number of aldehydes is 1. The van der Waals surface area contributed by atoms with Crippen LogP contribution in [0.15, 0.2) is 28.7 Å². The summed E-state index contributed by atoms with van der Waals surface area (Å²) < 4.78 is 5.45. The first-order valence-corrected chi connectivity index (χ1v) is 6.32. The Balaban J connectivity index is 2.08. The molecular weight excluding hydrogens is 266 g/mol. The zero-order chi connectivity index (χ0) is 13.7. The lowest BCUT2D eigenvalue weighted by Gasteiger charge is -2.13. The number of nitrogens with one attached hydrogen (secondary N) is 2. The maximum Gasteiger partial charge on any atom is 0.296 e. The van der Waals surface area contributed by atoms with Gasteiger partial charge in [0.1, 0.15) is 17.8 Å².